The Balaban J connectivity index is 1.42. The number of halogens is 1. The average Bonchev–Trinajstić information content (AvgIpc) is 3.47. The van der Waals surface area contributed by atoms with Gasteiger partial charge in [0, 0.05) is 17.1 Å². The fourth-order valence-electron chi connectivity index (χ4n) is 4.01. The SMILES string of the molecule is O=C(Nc1ccccc1-c1nc2ccccc2s1)C1CCCN1S(=O)(=O)c1ccc(Cl)cc1. The minimum atomic E-state index is -3.82. The molecule has 0 bridgehead atoms. The van der Waals surface area contributed by atoms with E-state index in [1.807, 2.05) is 48.5 Å². The number of thiazole rings is 1. The highest BCUT2D eigenvalue weighted by molar-refractivity contribution is 7.89. The van der Waals surface area contributed by atoms with Crippen molar-refractivity contribution in [3.63, 3.8) is 0 Å². The standard InChI is InChI=1S/C24H20ClN3O3S2/c25-16-11-13-17(14-12-16)33(30,31)28-15-5-9-21(28)23(29)26-19-7-2-1-6-18(19)24-27-20-8-3-4-10-22(20)32-24/h1-4,6-8,10-14,21H,5,9,15H2,(H,26,29). The van der Waals surface area contributed by atoms with Crippen molar-refractivity contribution in [1.29, 1.82) is 0 Å². The Labute approximate surface area is 200 Å². The molecule has 168 valence electrons. The zero-order valence-corrected chi connectivity index (χ0v) is 19.8. The number of para-hydroxylation sites is 2. The van der Waals surface area contributed by atoms with Gasteiger partial charge in [-0.2, -0.15) is 4.31 Å². The Morgan fingerprint density at radius 1 is 1.03 bits per heavy atom. The first kappa shape index (κ1) is 22.0. The second-order valence-corrected chi connectivity index (χ2v) is 11.1. The van der Waals surface area contributed by atoms with Gasteiger partial charge in [0.1, 0.15) is 11.0 Å². The number of rotatable bonds is 5. The number of amides is 1. The Morgan fingerprint density at radius 3 is 2.55 bits per heavy atom. The minimum absolute atomic E-state index is 0.126. The Morgan fingerprint density at radius 2 is 1.76 bits per heavy atom. The topological polar surface area (TPSA) is 79.4 Å². The number of carbonyl (C=O) groups excluding carboxylic acids is 1. The minimum Gasteiger partial charge on any atom is -0.324 e. The van der Waals surface area contributed by atoms with E-state index in [0.29, 0.717) is 30.1 Å². The fourth-order valence-corrected chi connectivity index (χ4v) is 6.80. The van der Waals surface area contributed by atoms with Crippen LogP contribution in [-0.2, 0) is 14.8 Å². The van der Waals surface area contributed by atoms with Gasteiger partial charge in [0.2, 0.25) is 15.9 Å². The number of carbonyl (C=O) groups is 1. The van der Waals surface area contributed by atoms with Crippen molar-refractivity contribution in [3.05, 3.63) is 77.8 Å². The third kappa shape index (κ3) is 4.27. The van der Waals surface area contributed by atoms with Gasteiger partial charge in [0.25, 0.3) is 0 Å². The van der Waals surface area contributed by atoms with Gasteiger partial charge in [0.05, 0.1) is 20.8 Å². The normalized spacial score (nSPS) is 16.8. The van der Waals surface area contributed by atoms with Crippen LogP contribution in [0.4, 0.5) is 5.69 Å². The van der Waals surface area contributed by atoms with Crippen molar-refractivity contribution in [1.82, 2.24) is 9.29 Å². The number of fused-ring (bicyclic) bond motifs is 1. The first-order valence-corrected chi connectivity index (χ1v) is 13.1. The van der Waals surface area contributed by atoms with Gasteiger partial charge >= 0.3 is 0 Å². The van der Waals surface area contributed by atoms with Gasteiger partial charge in [-0.1, -0.05) is 35.9 Å². The summed E-state index contributed by atoms with van der Waals surface area (Å²) in [5, 5.41) is 4.21. The Bertz CT molecular complexity index is 1400. The first-order chi connectivity index (χ1) is 15.9. The summed E-state index contributed by atoms with van der Waals surface area (Å²) in [7, 11) is -3.82. The fraction of sp³-hybridized carbons (Fsp3) is 0.167. The molecule has 1 atom stereocenters. The lowest BCUT2D eigenvalue weighted by molar-refractivity contribution is -0.119. The van der Waals surface area contributed by atoms with Crippen LogP contribution in [0.2, 0.25) is 5.02 Å². The summed E-state index contributed by atoms with van der Waals surface area (Å²) < 4.78 is 28.7. The van der Waals surface area contributed by atoms with Crippen LogP contribution >= 0.6 is 22.9 Å². The number of sulfonamides is 1. The van der Waals surface area contributed by atoms with E-state index in [-0.39, 0.29) is 10.8 Å². The van der Waals surface area contributed by atoms with E-state index < -0.39 is 16.1 Å². The summed E-state index contributed by atoms with van der Waals surface area (Å²) in [5.74, 6) is -0.349. The smallest absolute Gasteiger partial charge is 0.243 e. The lowest BCUT2D eigenvalue weighted by Crippen LogP contribution is -2.43. The molecular formula is C24H20ClN3O3S2. The first-order valence-electron chi connectivity index (χ1n) is 10.5. The predicted octanol–water partition coefficient (Wildman–Crippen LogP) is 5.41. The average molecular weight is 498 g/mol. The molecule has 0 aliphatic carbocycles. The van der Waals surface area contributed by atoms with E-state index in [4.69, 9.17) is 16.6 Å². The van der Waals surface area contributed by atoms with E-state index in [1.165, 1.54) is 28.6 Å². The van der Waals surface area contributed by atoms with Crippen molar-refractivity contribution in [2.75, 3.05) is 11.9 Å². The van der Waals surface area contributed by atoms with Crippen molar-refractivity contribution in [2.24, 2.45) is 0 Å². The van der Waals surface area contributed by atoms with Crippen LogP contribution in [0.3, 0.4) is 0 Å². The second-order valence-electron chi connectivity index (χ2n) is 7.75. The lowest BCUT2D eigenvalue weighted by Gasteiger charge is -2.24. The van der Waals surface area contributed by atoms with Crippen LogP contribution in [0, 0.1) is 0 Å². The molecule has 1 N–H and O–H groups in total. The Hall–Kier alpha value is -2.78. The number of aromatic nitrogens is 1. The summed E-state index contributed by atoms with van der Waals surface area (Å²) in [6.07, 6.45) is 1.08. The maximum atomic E-state index is 13.3. The summed E-state index contributed by atoms with van der Waals surface area (Å²) in [4.78, 5) is 18.1. The molecule has 3 aromatic carbocycles. The zero-order chi connectivity index (χ0) is 23.0. The number of hydrogen-bond acceptors (Lipinski definition) is 5. The molecule has 0 radical (unpaired) electrons. The van der Waals surface area contributed by atoms with Gasteiger partial charge in [0.15, 0.2) is 0 Å². The van der Waals surface area contributed by atoms with Crippen molar-refractivity contribution in [3.8, 4) is 10.6 Å². The van der Waals surface area contributed by atoms with E-state index in [1.54, 1.807) is 11.3 Å². The quantitative estimate of drug-likeness (QED) is 0.400. The molecule has 1 unspecified atom stereocenters. The van der Waals surface area contributed by atoms with Crippen LogP contribution in [0.25, 0.3) is 20.8 Å². The Kier molecular flexibility index (Phi) is 5.92. The van der Waals surface area contributed by atoms with Crippen LogP contribution in [0.1, 0.15) is 12.8 Å². The molecule has 1 fully saturated rings. The summed E-state index contributed by atoms with van der Waals surface area (Å²) in [6, 6.07) is 20.5. The lowest BCUT2D eigenvalue weighted by atomic mass is 10.1. The van der Waals surface area contributed by atoms with Gasteiger partial charge < -0.3 is 5.32 Å². The molecular weight excluding hydrogens is 478 g/mol. The van der Waals surface area contributed by atoms with Crippen LogP contribution in [0.15, 0.2) is 77.7 Å². The molecule has 1 aliphatic heterocycles. The zero-order valence-electron chi connectivity index (χ0n) is 17.4. The van der Waals surface area contributed by atoms with Crippen LogP contribution in [0.5, 0.6) is 0 Å². The number of anilines is 1. The summed E-state index contributed by atoms with van der Waals surface area (Å²) >= 11 is 7.45. The van der Waals surface area contributed by atoms with Crippen molar-refractivity contribution >= 4 is 54.8 Å². The molecule has 1 amide bonds. The number of hydrogen-bond donors (Lipinski definition) is 1. The molecule has 1 saturated heterocycles. The van der Waals surface area contributed by atoms with E-state index in [0.717, 1.165) is 20.8 Å². The van der Waals surface area contributed by atoms with E-state index in [2.05, 4.69) is 5.32 Å². The van der Waals surface area contributed by atoms with Crippen LogP contribution in [-0.4, -0.2) is 36.2 Å². The highest BCUT2D eigenvalue weighted by atomic mass is 35.5. The second kappa shape index (κ2) is 8.87. The molecule has 9 heteroatoms. The van der Waals surface area contributed by atoms with Crippen LogP contribution < -0.4 is 5.32 Å². The largest absolute Gasteiger partial charge is 0.324 e. The molecule has 0 spiro atoms. The molecule has 1 aliphatic rings. The number of benzene rings is 3. The van der Waals surface area contributed by atoms with Crippen molar-refractivity contribution < 1.29 is 13.2 Å². The van der Waals surface area contributed by atoms with Gasteiger partial charge in [-0.3, -0.25) is 4.79 Å². The molecule has 0 saturated carbocycles. The molecule has 33 heavy (non-hydrogen) atoms. The third-order valence-electron chi connectivity index (χ3n) is 5.64. The maximum Gasteiger partial charge on any atom is 0.243 e. The highest BCUT2D eigenvalue weighted by Gasteiger charge is 2.39. The highest BCUT2D eigenvalue weighted by Crippen LogP contribution is 2.35. The molecule has 4 aromatic rings. The van der Waals surface area contributed by atoms with Crippen molar-refractivity contribution in [2.45, 2.75) is 23.8 Å². The van der Waals surface area contributed by atoms with E-state index in [9.17, 15) is 13.2 Å². The molecule has 5 rings (SSSR count). The maximum absolute atomic E-state index is 13.3. The van der Waals surface area contributed by atoms with E-state index >= 15 is 0 Å². The van der Waals surface area contributed by atoms with Gasteiger partial charge in [-0.25, -0.2) is 13.4 Å². The predicted molar refractivity (Wildman–Crippen MR) is 132 cm³/mol. The monoisotopic (exact) mass is 497 g/mol. The summed E-state index contributed by atoms with van der Waals surface area (Å²) in [6.45, 7) is 0.294. The number of nitrogens with one attached hydrogen (secondary N) is 1. The molecule has 1 aromatic heterocycles. The summed E-state index contributed by atoms with van der Waals surface area (Å²) in [5.41, 5.74) is 2.31. The number of nitrogens with zero attached hydrogens (tertiary/aromatic N) is 2. The van der Waals surface area contributed by atoms with Gasteiger partial charge in [-0.05, 0) is 61.4 Å². The molecule has 6 nitrogen and oxygen atoms in total. The third-order valence-corrected chi connectivity index (χ3v) is 8.88. The molecule has 2 heterocycles. The van der Waals surface area contributed by atoms with Gasteiger partial charge in [-0.15, -0.1) is 11.3 Å².